The van der Waals surface area contributed by atoms with E-state index in [4.69, 9.17) is 0 Å². The second kappa shape index (κ2) is 4.49. The van der Waals surface area contributed by atoms with Gasteiger partial charge < -0.3 is 10.2 Å². The number of carbonyl (C=O) groups excluding carboxylic acids is 1. The standard InChI is InChI=1S/C14H20N2O/c1-5-6-16-13-10(3)7-9(2)8-11(13)12(15-4)14(16)17/h7-8,12,15H,5-6H2,1-4H3. The molecule has 1 unspecified atom stereocenters. The molecule has 0 spiro atoms. The lowest BCUT2D eigenvalue weighted by Crippen LogP contribution is -2.33. The van der Waals surface area contributed by atoms with E-state index < -0.39 is 0 Å². The highest BCUT2D eigenvalue weighted by atomic mass is 16.2. The molecule has 0 fully saturated rings. The van der Waals surface area contributed by atoms with Crippen molar-refractivity contribution in [2.24, 2.45) is 0 Å². The number of amides is 1. The van der Waals surface area contributed by atoms with Crippen LogP contribution in [0.4, 0.5) is 5.69 Å². The van der Waals surface area contributed by atoms with Crippen molar-refractivity contribution in [2.75, 3.05) is 18.5 Å². The van der Waals surface area contributed by atoms with Crippen LogP contribution in [0.25, 0.3) is 0 Å². The predicted molar refractivity (Wildman–Crippen MR) is 70.4 cm³/mol. The zero-order chi connectivity index (χ0) is 12.6. The normalized spacial score (nSPS) is 18.7. The third-order valence-electron chi connectivity index (χ3n) is 3.30. The molecule has 1 heterocycles. The summed E-state index contributed by atoms with van der Waals surface area (Å²) in [6.07, 6.45) is 0.981. The topological polar surface area (TPSA) is 32.3 Å². The van der Waals surface area contributed by atoms with Gasteiger partial charge in [-0.3, -0.25) is 4.79 Å². The van der Waals surface area contributed by atoms with Gasteiger partial charge in [0, 0.05) is 12.1 Å². The molecule has 0 saturated carbocycles. The summed E-state index contributed by atoms with van der Waals surface area (Å²) in [6.45, 7) is 7.06. The number of hydrogen-bond donors (Lipinski definition) is 1. The monoisotopic (exact) mass is 232 g/mol. The molecule has 0 saturated heterocycles. The molecular formula is C14H20N2O. The first-order valence-electron chi connectivity index (χ1n) is 6.20. The van der Waals surface area contributed by atoms with Crippen molar-refractivity contribution < 1.29 is 4.79 Å². The summed E-state index contributed by atoms with van der Waals surface area (Å²) >= 11 is 0. The van der Waals surface area contributed by atoms with Gasteiger partial charge in [-0.15, -0.1) is 0 Å². The number of likely N-dealkylation sites (N-methyl/N-ethyl adjacent to an activating group) is 1. The van der Waals surface area contributed by atoms with E-state index in [0.717, 1.165) is 24.2 Å². The number of aryl methyl sites for hydroxylation is 2. The minimum Gasteiger partial charge on any atom is -0.310 e. The molecule has 3 heteroatoms. The summed E-state index contributed by atoms with van der Waals surface area (Å²) in [4.78, 5) is 14.2. The predicted octanol–water partition coefficient (Wildman–Crippen LogP) is 2.32. The summed E-state index contributed by atoms with van der Waals surface area (Å²) < 4.78 is 0. The molecule has 0 aromatic heterocycles. The SMILES string of the molecule is CCCN1C(=O)C(NC)c2cc(C)cc(C)c21. The van der Waals surface area contributed by atoms with Crippen LogP contribution in [0, 0.1) is 13.8 Å². The van der Waals surface area contributed by atoms with Gasteiger partial charge in [-0.05, 0) is 32.9 Å². The number of nitrogens with zero attached hydrogens (tertiary/aromatic N) is 1. The Morgan fingerprint density at radius 2 is 2.06 bits per heavy atom. The van der Waals surface area contributed by atoms with Crippen LogP contribution in [-0.2, 0) is 4.79 Å². The Balaban J connectivity index is 2.56. The van der Waals surface area contributed by atoms with Gasteiger partial charge in [0.05, 0.1) is 5.69 Å². The van der Waals surface area contributed by atoms with Gasteiger partial charge in [0.1, 0.15) is 6.04 Å². The zero-order valence-corrected chi connectivity index (χ0v) is 11.0. The second-order valence-corrected chi connectivity index (χ2v) is 4.73. The second-order valence-electron chi connectivity index (χ2n) is 4.73. The van der Waals surface area contributed by atoms with Crippen molar-refractivity contribution in [2.45, 2.75) is 33.2 Å². The number of anilines is 1. The molecule has 1 aliphatic rings. The van der Waals surface area contributed by atoms with E-state index in [0.29, 0.717) is 0 Å². The molecule has 1 N–H and O–H groups in total. The lowest BCUT2D eigenvalue weighted by Gasteiger charge is -2.18. The largest absolute Gasteiger partial charge is 0.310 e. The average molecular weight is 232 g/mol. The zero-order valence-electron chi connectivity index (χ0n) is 11.0. The Labute approximate surface area is 103 Å². The molecule has 1 aliphatic heterocycles. The van der Waals surface area contributed by atoms with Crippen LogP contribution < -0.4 is 10.2 Å². The third kappa shape index (κ3) is 1.84. The van der Waals surface area contributed by atoms with Gasteiger partial charge in [0.25, 0.3) is 0 Å². The molecular weight excluding hydrogens is 212 g/mol. The highest BCUT2D eigenvalue weighted by Crippen LogP contribution is 2.39. The van der Waals surface area contributed by atoms with E-state index in [2.05, 4.69) is 38.2 Å². The van der Waals surface area contributed by atoms with Crippen molar-refractivity contribution >= 4 is 11.6 Å². The van der Waals surface area contributed by atoms with E-state index in [1.54, 1.807) is 0 Å². The molecule has 1 atom stereocenters. The number of carbonyl (C=O) groups is 1. The molecule has 1 aromatic rings. The van der Waals surface area contributed by atoms with E-state index in [9.17, 15) is 4.79 Å². The van der Waals surface area contributed by atoms with Gasteiger partial charge in [-0.2, -0.15) is 0 Å². The molecule has 1 amide bonds. The van der Waals surface area contributed by atoms with Crippen molar-refractivity contribution in [3.8, 4) is 0 Å². The smallest absolute Gasteiger partial charge is 0.248 e. The molecule has 0 bridgehead atoms. The van der Waals surface area contributed by atoms with Gasteiger partial charge in [-0.1, -0.05) is 24.6 Å². The number of nitrogens with one attached hydrogen (secondary N) is 1. The van der Waals surface area contributed by atoms with Gasteiger partial charge in [0.15, 0.2) is 0 Å². The Bertz CT molecular complexity index is 454. The number of fused-ring (bicyclic) bond motifs is 1. The molecule has 0 aliphatic carbocycles. The number of hydrogen-bond acceptors (Lipinski definition) is 2. The maximum absolute atomic E-state index is 12.3. The first-order valence-corrected chi connectivity index (χ1v) is 6.20. The minimum atomic E-state index is -0.171. The molecule has 0 radical (unpaired) electrons. The first kappa shape index (κ1) is 12.1. The van der Waals surface area contributed by atoms with Crippen molar-refractivity contribution in [3.05, 3.63) is 28.8 Å². The van der Waals surface area contributed by atoms with E-state index in [1.165, 1.54) is 11.1 Å². The third-order valence-corrected chi connectivity index (χ3v) is 3.30. The van der Waals surface area contributed by atoms with Gasteiger partial charge >= 0.3 is 0 Å². The summed E-state index contributed by atoms with van der Waals surface area (Å²) in [5.41, 5.74) is 4.65. The van der Waals surface area contributed by atoms with E-state index in [1.807, 2.05) is 11.9 Å². The maximum atomic E-state index is 12.3. The Morgan fingerprint density at radius 1 is 1.35 bits per heavy atom. The van der Waals surface area contributed by atoms with Crippen molar-refractivity contribution in [3.63, 3.8) is 0 Å². The van der Waals surface area contributed by atoms with Crippen molar-refractivity contribution in [1.82, 2.24) is 5.32 Å². The fourth-order valence-corrected chi connectivity index (χ4v) is 2.71. The van der Waals surface area contributed by atoms with E-state index >= 15 is 0 Å². The van der Waals surface area contributed by atoms with Gasteiger partial charge in [-0.25, -0.2) is 0 Å². The van der Waals surface area contributed by atoms with Crippen molar-refractivity contribution in [1.29, 1.82) is 0 Å². The van der Waals surface area contributed by atoms with Crippen LogP contribution in [0.1, 0.15) is 36.1 Å². The summed E-state index contributed by atoms with van der Waals surface area (Å²) in [6, 6.07) is 4.10. The van der Waals surface area contributed by atoms with Gasteiger partial charge in [0.2, 0.25) is 5.91 Å². The molecule has 92 valence electrons. The van der Waals surface area contributed by atoms with Crippen LogP contribution in [-0.4, -0.2) is 19.5 Å². The Kier molecular flexibility index (Phi) is 3.20. The maximum Gasteiger partial charge on any atom is 0.248 e. The number of rotatable bonds is 3. The number of benzene rings is 1. The fourth-order valence-electron chi connectivity index (χ4n) is 2.71. The van der Waals surface area contributed by atoms with Crippen LogP contribution in [0.15, 0.2) is 12.1 Å². The lowest BCUT2D eigenvalue weighted by molar-refractivity contribution is -0.119. The fraction of sp³-hybridized carbons (Fsp3) is 0.500. The Morgan fingerprint density at radius 3 is 2.65 bits per heavy atom. The molecule has 1 aromatic carbocycles. The molecule has 2 rings (SSSR count). The highest BCUT2D eigenvalue weighted by Gasteiger charge is 2.36. The highest BCUT2D eigenvalue weighted by molar-refractivity contribution is 6.05. The van der Waals surface area contributed by atoms with E-state index in [-0.39, 0.29) is 11.9 Å². The Hall–Kier alpha value is -1.35. The summed E-state index contributed by atoms with van der Waals surface area (Å²) in [5.74, 6) is 0.179. The van der Waals surface area contributed by atoms with Crippen LogP contribution in [0.2, 0.25) is 0 Å². The lowest BCUT2D eigenvalue weighted by atomic mass is 10.0. The molecule has 17 heavy (non-hydrogen) atoms. The average Bonchev–Trinajstić information content (AvgIpc) is 2.52. The summed E-state index contributed by atoms with van der Waals surface area (Å²) in [7, 11) is 1.85. The summed E-state index contributed by atoms with van der Waals surface area (Å²) in [5, 5.41) is 3.12. The first-order chi connectivity index (χ1) is 8.10. The quantitative estimate of drug-likeness (QED) is 0.867. The van der Waals surface area contributed by atoms with Crippen LogP contribution in [0.5, 0.6) is 0 Å². The van der Waals surface area contributed by atoms with Crippen LogP contribution in [0.3, 0.4) is 0 Å². The minimum absolute atomic E-state index is 0.171. The molecule has 3 nitrogen and oxygen atoms in total. The van der Waals surface area contributed by atoms with Crippen LogP contribution >= 0.6 is 0 Å².